The summed E-state index contributed by atoms with van der Waals surface area (Å²) >= 11 is 0. The normalized spacial score (nSPS) is 38.5. The zero-order chi connectivity index (χ0) is 15.0. The van der Waals surface area contributed by atoms with Crippen molar-refractivity contribution >= 4 is 5.97 Å². The van der Waals surface area contributed by atoms with Crippen molar-refractivity contribution in [3.8, 4) is 0 Å². The molecule has 3 nitrogen and oxygen atoms in total. The number of carbonyl (C=O) groups excluding carboxylic acids is 1. The van der Waals surface area contributed by atoms with E-state index in [1.165, 1.54) is 39.0 Å². The van der Waals surface area contributed by atoms with Gasteiger partial charge in [-0.3, -0.25) is 4.79 Å². The van der Waals surface area contributed by atoms with Gasteiger partial charge in [0, 0.05) is 18.8 Å². The first-order valence-corrected chi connectivity index (χ1v) is 8.53. The molecule has 1 aliphatic heterocycles. The van der Waals surface area contributed by atoms with Crippen LogP contribution in [0.1, 0.15) is 65.7 Å². The van der Waals surface area contributed by atoms with E-state index in [0.29, 0.717) is 17.3 Å². The van der Waals surface area contributed by atoms with Gasteiger partial charge in [0.15, 0.2) is 0 Å². The number of hydrogen-bond acceptors (Lipinski definition) is 3. The minimum atomic E-state index is -0.334. The fourth-order valence-electron chi connectivity index (χ4n) is 4.59. The van der Waals surface area contributed by atoms with Gasteiger partial charge in [0.2, 0.25) is 6.29 Å². The molecule has 3 aliphatic rings. The molecule has 3 rings (SSSR count). The lowest BCUT2D eigenvalue weighted by atomic mass is 9.65. The van der Waals surface area contributed by atoms with Gasteiger partial charge < -0.3 is 9.47 Å². The van der Waals surface area contributed by atoms with Crippen molar-refractivity contribution in [3.05, 3.63) is 11.6 Å². The minimum absolute atomic E-state index is 0.154. The smallest absolute Gasteiger partial charge is 0.304 e. The molecule has 2 aliphatic carbocycles. The van der Waals surface area contributed by atoms with Crippen LogP contribution in [0.15, 0.2) is 11.6 Å². The highest BCUT2D eigenvalue weighted by Gasteiger charge is 2.46. The first-order valence-electron chi connectivity index (χ1n) is 8.53. The van der Waals surface area contributed by atoms with E-state index in [1.807, 2.05) is 0 Å². The summed E-state index contributed by atoms with van der Waals surface area (Å²) < 4.78 is 11.3. The summed E-state index contributed by atoms with van der Waals surface area (Å²) in [5.41, 5.74) is 2.05. The van der Waals surface area contributed by atoms with Crippen molar-refractivity contribution < 1.29 is 14.3 Å². The summed E-state index contributed by atoms with van der Waals surface area (Å²) in [6, 6.07) is 0. The molecular weight excluding hydrogens is 264 g/mol. The molecule has 0 unspecified atom stereocenters. The Morgan fingerprint density at radius 2 is 2.05 bits per heavy atom. The Kier molecular flexibility index (Phi) is 4.13. The molecule has 1 heterocycles. The van der Waals surface area contributed by atoms with Gasteiger partial charge in [-0.05, 0) is 38.0 Å². The maximum absolute atomic E-state index is 11.2. The van der Waals surface area contributed by atoms with Crippen molar-refractivity contribution in [2.45, 2.75) is 78.1 Å². The summed E-state index contributed by atoms with van der Waals surface area (Å²) in [6.45, 7) is 6.03. The second-order valence-electron chi connectivity index (χ2n) is 7.41. The van der Waals surface area contributed by atoms with Crippen LogP contribution in [0, 0.1) is 17.3 Å². The number of rotatable bonds is 2. The maximum atomic E-state index is 11.2. The maximum Gasteiger partial charge on any atom is 0.304 e. The van der Waals surface area contributed by atoms with Crippen molar-refractivity contribution in [1.82, 2.24) is 0 Å². The molecule has 1 saturated carbocycles. The molecule has 0 aromatic carbocycles. The van der Waals surface area contributed by atoms with E-state index < -0.39 is 0 Å². The first kappa shape index (κ1) is 15.1. The quantitative estimate of drug-likeness (QED) is 0.565. The molecule has 118 valence electrons. The summed E-state index contributed by atoms with van der Waals surface area (Å²) in [7, 11) is 0. The van der Waals surface area contributed by atoms with Gasteiger partial charge >= 0.3 is 5.97 Å². The van der Waals surface area contributed by atoms with Gasteiger partial charge in [-0.15, -0.1) is 0 Å². The Hall–Kier alpha value is -0.830. The van der Waals surface area contributed by atoms with Crippen LogP contribution in [0.2, 0.25) is 0 Å². The molecule has 0 aromatic rings. The molecule has 3 heteroatoms. The predicted octanol–water partition coefficient (Wildman–Crippen LogP) is 4.22. The molecule has 4 atom stereocenters. The second-order valence-corrected chi connectivity index (χ2v) is 7.41. The molecule has 0 aromatic heterocycles. The van der Waals surface area contributed by atoms with E-state index in [4.69, 9.17) is 9.47 Å². The zero-order valence-electron chi connectivity index (χ0n) is 13.6. The van der Waals surface area contributed by atoms with Crippen LogP contribution in [0.5, 0.6) is 0 Å². The molecule has 21 heavy (non-hydrogen) atoms. The molecule has 0 radical (unpaired) electrons. The van der Waals surface area contributed by atoms with Gasteiger partial charge in [-0.2, -0.15) is 0 Å². The molecular formula is C18H28O3. The molecule has 0 N–H and O–H groups in total. The molecule has 0 bridgehead atoms. The van der Waals surface area contributed by atoms with Gasteiger partial charge in [0.25, 0.3) is 0 Å². The third-order valence-electron chi connectivity index (χ3n) is 5.89. The van der Waals surface area contributed by atoms with Gasteiger partial charge in [0.1, 0.15) is 0 Å². The summed E-state index contributed by atoms with van der Waals surface area (Å²) in [6.07, 6.45) is 11.3. The van der Waals surface area contributed by atoms with Crippen LogP contribution < -0.4 is 0 Å². The molecule has 0 spiro atoms. The SMILES string of the molecule is CC(=O)O[C@@H]1O[C@H](C)[C@H]2C=C(C3(C)CCCCC3)CC[C@@H]12. The molecule has 0 amide bonds. The lowest BCUT2D eigenvalue weighted by Crippen LogP contribution is -2.31. The highest BCUT2D eigenvalue weighted by molar-refractivity contribution is 5.66. The number of fused-ring (bicyclic) bond motifs is 1. The van der Waals surface area contributed by atoms with Crippen molar-refractivity contribution in [3.63, 3.8) is 0 Å². The summed E-state index contributed by atoms with van der Waals surface area (Å²) in [5, 5.41) is 0. The van der Waals surface area contributed by atoms with E-state index >= 15 is 0 Å². The van der Waals surface area contributed by atoms with Gasteiger partial charge in [-0.25, -0.2) is 0 Å². The van der Waals surface area contributed by atoms with E-state index in [9.17, 15) is 4.79 Å². The average Bonchev–Trinajstić information content (AvgIpc) is 2.75. The Balaban J connectivity index is 1.77. The van der Waals surface area contributed by atoms with Crippen LogP contribution in [0.4, 0.5) is 0 Å². The van der Waals surface area contributed by atoms with Crippen LogP contribution in [-0.4, -0.2) is 18.4 Å². The third-order valence-corrected chi connectivity index (χ3v) is 5.89. The van der Waals surface area contributed by atoms with Crippen molar-refractivity contribution in [2.24, 2.45) is 17.3 Å². The predicted molar refractivity (Wildman–Crippen MR) is 81.6 cm³/mol. The summed E-state index contributed by atoms with van der Waals surface area (Å²) in [4.78, 5) is 11.2. The van der Waals surface area contributed by atoms with Gasteiger partial charge in [-0.1, -0.05) is 37.8 Å². The summed E-state index contributed by atoms with van der Waals surface area (Å²) in [5.74, 6) is 0.526. The standard InChI is InChI=1S/C18H28O3/c1-12-16-11-14(18(3)9-5-4-6-10-18)7-8-15(16)17(20-12)21-13(2)19/h11-12,15-17H,4-10H2,1-3H3/t12-,15-,16-,17+/m1/s1. The first-order chi connectivity index (χ1) is 9.99. The van der Waals surface area contributed by atoms with Crippen molar-refractivity contribution in [1.29, 1.82) is 0 Å². The third kappa shape index (κ3) is 2.90. The highest BCUT2D eigenvalue weighted by Crippen LogP contribution is 2.50. The largest absolute Gasteiger partial charge is 0.436 e. The van der Waals surface area contributed by atoms with Crippen LogP contribution in [-0.2, 0) is 14.3 Å². The topological polar surface area (TPSA) is 35.5 Å². The average molecular weight is 292 g/mol. The van der Waals surface area contributed by atoms with E-state index in [-0.39, 0.29) is 18.4 Å². The van der Waals surface area contributed by atoms with Gasteiger partial charge in [0.05, 0.1) is 6.10 Å². The van der Waals surface area contributed by atoms with Crippen LogP contribution >= 0.6 is 0 Å². The Morgan fingerprint density at radius 1 is 1.33 bits per heavy atom. The molecule has 2 fully saturated rings. The minimum Gasteiger partial charge on any atom is -0.436 e. The zero-order valence-corrected chi connectivity index (χ0v) is 13.6. The highest BCUT2D eigenvalue weighted by atomic mass is 16.7. The Bertz CT molecular complexity index is 434. The Labute approximate surface area is 128 Å². The number of hydrogen-bond donors (Lipinski definition) is 0. The van der Waals surface area contributed by atoms with E-state index in [0.717, 1.165) is 12.8 Å². The molecule has 1 saturated heterocycles. The van der Waals surface area contributed by atoms with Crippen molar-refractivity contribution in [2.75, 3.05) is 0 Å². The fourth-order valence-corrected chi connectivity index (χ4v) is 4.59. The lowest BCUT2D eigenvalue weighted by Gasteiger charge is -2.40. The lowest BCUT2D eigenvalue weighted by molar-refractivity contribution is -0.178. The fraction of sp³-hybridized carbons (Fsp3) is 0.833. The Morgan fingerprint density at radius 3 is 2.71 bits per heavy atom. The number of esters is 1. The number of allylic oxidation sites excluding steroid dienone is 1. The monoisotopic (exact) mass is 292 g/mol. The van der Waals surface area contributed by atoms with E-state index in [1.54, 1.807) is 5.57 Å². The van der Waals surface area contributed by atoms with Crippen LogP contribution in [0.25, 0.3) is 0 Å². The number of carbonyl (C=O) groups is 1. The second kappa shape index (κ2) is 5.75. The van der Waals surface area contributed by atoms with E-state index in [2.05, 4.69) is 19.9 Å². The van der Waals surface area contributed by atoms with Crippen LogP contribution in [0.3, 0.4) is 0 Å². The number of ether oxygens (including phenoxy) is 2.